The first kappa shape index (κ1) is 13.8. The second kappa shape index (κ2) is 6.53. The number of piperidine rings is 1. The van der Waals surface area contributed by atoms with Crippen molar-refractivity contribution in [2.45, 2.75) is 19.3 Å². The fraction of sp³-hybridized carbons (Fsp3) is 0.500. The number of hydrogen-bond acceptors (Lipinski definition) is 6. The molecule has 0 atom stereocenters. The van der Waals surface area contributed by atoms with Crippen LogP contribution >= 0.6 is 0 Å². The van der Waals surface area contributed by atoms with E-state index < -0.39 is 5.76 Å². The van der Waals surface area contributed by atoms with Crippen molar-refractivity contribution in [1.29, 1.82) is 0 Å². The normalized spacial score (nSPS) is 16.0. The van der Waals surface area contributed by atoms with E-state index >= 15 is 0 Å². The monoisotopic (exact) mass is 290 g/mol. The summed E-state index contributed by atoms with van der Waals surface area (Å²) < 4.78 is 10.1. The molecule has 2 aromatic rings. The van der Waals surface area contributed by atoms with Gasteiger partial charge < -0.3 is 4.74 Å². The van der Waals surface area contributed by atoms with Crippen LogP contribution in [0.5, 0.6) is 5.75 Å². The lowest BCUT2D eigenvalue weighted by atomic mass is 10.1. The summed E-state index contributed by atoms with van der Waals surface area (Å²) >= 11 is 0. The molecule has 0 amide bonds. The van der Waals surface area contributed by atoms with Crippen molar-refractivity contribution in [2.75, 3.05) is 26.2 Å². The maximum Gasteiger partial charge on any atom is 0.439 e. The molecular weight excluding hydrogens is 272 g/mol. The Balaban J connectivity index is 1.51. The molecule has 3 heterocycles. The van der Waals surface area contributed by atoms with Crippen LogP contribution in [0.4, 0.5) is 0 Å². The van der Waals surface area contributed by atoms with E-state index in [-0.39, 0.29) is 0 Å². The van der Waals surface area contributed by atoms with Gasteiger partial charge in [-0.1, -0.05) is 11.6 Å². The van der Waals surface area contributed by atoms with Crippen molar-refractivity contribution in [3.63, 3.8) is 0 Å². The number of nitrogens with one attached hydrogen (secondary N) is 1. The lowest BCUT2D eigenvalue weighted by Gasteiger charge is -2.26. The molecule has 7 heteroatoms. The van der Waals surface area contributed by atoms with Crippen LogP contribution < -0.4 is 10.5 Å². The molecule has 0 radical (unpaired) electrons. The van der Waals surface area contributed by atoms with Crippen LogP contribution in [0.25, 0.3) is 11.5 Å². The van der Waals surface area contributed by atoms with Crippen LogP contribution in [0.15, 0.2) is 27.6 Å². The molecular formula is C14H18N4O3. The lowest BCUT2D eigenvalue weighted by molar-refractivity contribution is 0.183. The molecule has 0 saturated carbocycles. The minimum atomic E-state index is -0.589. The number of H-pyrrole nitrogens is 1. The van der Waals surface area contributed by atoms with Gasteiger partial charge in [0.25, 0.3) is 0 Å². The van der Waals surface area contributed by atoms with Gasteiger partial charge in [-0.15, -0.1) is 0 Å². The predicted molar refractivity (Wildman–Crippen MR) is 76.1 cm³/mol. The van der Waals surface area contributed by atoms with Crippen LogP contribution in [0, 0.1) is 0 Å². The van der Waals surface area contributed by atoms with E-state index in [2.05, 4.69) is 24.5 Å². The second-order valence-electron chi connectivity index (χ2n) is 5.07. The van der Waals surface area contributed by atoms with Crippen LogP contribution in [-0.4, -0.2) is 46.3 Å². The zero-order chi connectivity index (χ0) is 14.5. The molecule has 0 aromatic carbocycles. The van der Waals surface area contributed by atoms with E-state index in [0.29, 0.717) is 23.9 Å². The van der Waals surface area contributed by atoms with Gasteiger partial charge in [-0.05, 0) is 38.1 Å². The molecule has 1 N–H and O–H groups in total. The average Bonchev–Trinajstić information content (AvgIpc) is 2.96. The van der Waals surface area contributed by atoms with Crippen molar-refractivity contribution in [3.05, 3.63) is 28.9 Å². The molecule has 1 fully saturated rings. The molecule has 0 unspecified atom stereocenters. The van der Waals surface area contributed by atoms with Gasteiger partial charge in [0.2, 0.25) is 5.82 Å². The Morgan fingerprint density at radius 2 is 2.14 bits per heavy atom. The van der Waals surface area contributed by atoms with Crippen LogP contribution in [0.1, 0.15) is 19.3 Å². The van der Waals surface area contributed by atoms with Gasteiger partial charge in [-0.3, -0.25) is 14.4 Å². The average molecular weight is 290 g/mol. The number of aromatic nitrogens is 3. The second-order valence-corrected chi connectivity index (χ2v) is 5.07. The van der Waals surface area contributed by atoms with Gasteiger partial charge in [0.05, 0.1) is 6.20 Å². The molecule has 2 aromatic heterocycles. The maximum atomic E-state index is 10.9. The zero-order valence-electron chi connectivity index (χ0n) is 11.7. The molecule has 21 heavy (non-hydrogen) atoms. The molecule has 3 rings (SSSR count). The molecule has 0 aliphatic carbocycles. The van der Waals surface area contributed by atoms with Gasteiger partial charge in [0.15, 0.2) is 0 Å². The number of hydrogen-bond donors (Lipinski definition) is 1. The first-order valence-corrected chi connectivity index (χ1v) is 7.19. The molecule has 1 saturated heterocycles. The minimum absolute atomic E-state index is 0.319. The van der Waals surface area contributed by atoms with E-state index in [4.69, 9.17) is 4.74 Å². The Morgan fingerprint density at radius 3 is 2.81 bits per heavy atom. The Kier molecular flexibility index (Phi) is 4.30. The predicted octanol–water partition coefficient (Wildman–Crippen LogP) is 1.29. The zero-order valence-corrected chi connectivity index (χ0v) is 11.7. The van der Waals surface area contributed by atoms with Crippen molar-refractivity contribution in [3.8, 4) is 17.3 Å². The number of ether oxygens (including phenoxy) is 1. The third-order valence-corrected chi connectivity index (χ3v) is 3.54. The topological polar surface area (TPSA) is 84.3 Å². The van der Waals surface area contributed by atoms with Gasteiger partial charge in [0.1, 0.15) is 18.1 Å². The number of rotatable bonds is 5. The summed E-state index contributed by atoms with van der Waals surface area (Å²) in [6, 6.07) is 3.55. The SMILES string of the molecule is O=c1[nH]c(-c2ccc(OCCN3CCCCC3)cn2)no1. The number of nitrogens with zero attached hydrogens (tertiary/aromatic N) is 3. The first-order valence-electron chi connectivity index (χ1n) is 7.19. The lowest BCUT2D eigenvalue weighted by Crippen LogP contribution is -2.33. The summed E-state index contributed by atoms with van der Waals surface area (Å²) in [7, 11) is 0. The summed E-state index contributed by atoms with van der Waals surface area (Å²) in [4.78, 5) is 20.0. The summed E-state index contributed by atoms with van der Waals surface area (Å²) in [5.74, 6) is 0.440. The van der Waals surface area contributed by atoms with E-state index in [0.717, 1.165) is 6.54 Å². The quantitative estimate of drug-likeness (QED) is 0.893. The highest BCUT2D eigenvalue weighted by molar-refractivity contribution is 5.48. The highest BCUT2D eigenvalue weighted by Crippen LogP contribution is 2.15. The fourth-order valence-corrected chi connectivity index (χ4v) is 2.42. The van der Waals surface area contributed by atoms with Gasteiger partial charge in [-0.2, -0.15) is 0 Å². The van der Waals surface area contributed by atoms with E-state index in [1.807, 2.05) is 6.07 Å². The first-order chi connectivity index (χ1) is 10.3. The largest absolute Gasteiger partial charge is 0.491 e. The standard InChI is InChI=1S/C14H18N4O3/c19-14-16-13(17-21-14)12-5-4-11(10-15-12)20-9-8-18-6-2-1-3-7-18/h4-5,10H,1-3,6-9H2,(H,16,17,19). The molecule has 0 bridgehead atoms. The highest BCUT2D eigenvalue weighted by Gasteiger charge is 2.10. The van der Waals surface area contributed by atoms with Crippen LogP contribution in [0.2, 0.25) is 0 Å². The van der Waals surface area contributed by atoms with E-state index in [1.54, 1.807) is 12.3 Å². The fourth-order valence-electron chi connectivity index (χ4n) is 2.42. The number of likely N-dealkylation sites (tertiary alicyclic amines) is 1. The summed E-state index contributed by atoms with van der Waals surface area (Å²) in [6.07, 6.45) is 5.53. The summed E-state index contributed by atoms with van der Waals surface area (Å²) in [5.41, 5.74) is 0.546. The smallest absolute Gasteiger partial charge is 0.439 e. The summed E-state index contributed by atoms with van der Waals surface area (Å²) in [6.45, 7) is 3.93. The van der Waals surface area contributed by atoms with E-state index in [9.17, 15) is 4.79 Å². The number of aromatic amines is 1. The Hall–Kier alpha value is -2.15. The molecule has 1 aliphatic heterocycles. The Morgan fingerprint density at radius 1 is 1.29 bits per heavy atom. The molecule has 0 spiro atoms. The minimum Gasteiger partial charge on any atom is -0.491 e. The Labute approximate surface area is 121 Å². The van der Waals surface area contributed by atoms with Gasteiger partial charge in [-0.25, -0.2) is 9.78 Å². The molecule has 1 aliphatic rings. The van der Waals surface area contributed by atoms with Crippen molar-refractivity contribution in [1.82, 2.24) is 20.0 Å². The third kappa shape index (κ3) is 3.69. The van der Waals surface area contributed by atoms with Gasteiger partial charge >= 0.3 is 5.76 Å². The van der Waals surface area contributed by atoms with Crippen LogP contribution in [-0.2, 0) is 0 Å². The third-order valence-electron chi connectivity index (χ3n) is 3.54. The maximum absolute atomic E-state index is 10.9. The Bertz CT molecular complexity index is 614. The van der Waals surface area contributed by atoms with Crippen molar-refractivity contribution in [2.24, 2.45) is 0 Å². The molecule has 112 valence electrons. The summed E-state index contributed by atoms with van der Waals surface area (Å²) in [5, 5.41) is 3.59. The van der Waals surface area contributed by atoms with Crippen molar-refractivity contribution < 1.29 is 9.26 Å². The number of pyridine rings is 1. The highest BCUT2D eigenvalue weighted by atomic mass is 16.5. The van der Waals surface area contributed by atoms with E-state index in [1.165, 1.54) is 32.4 Å². The van der Waals surface area contributed by atoms with Crippen molar-refractivity contribution >= 4 is 0 Å². The molecule has 7 nitrogen and oxygen atoms in total. The van der Waals surface area contributed by atoms with Crippen LogP contribution in [0.3, 0.4) is 0 Å². The van der Waals surface area contributed by atoms with Gasteiger partial charge in [0, 0.05) is 6.54 Å².